The molecule has 2 aromatic carbocycles. The number of carbonyl (C=O) groups excluding carboxylic acids is 2. The van der Waals surface area contributed by atoms with Gasteiger partial charge in [-0.1, -0.05) is 17.7 Å². The summed E-state index contributed by atoms with van der Waals surface area (Å²) in [5, 5.41) is 3.33. The quantitative estimate of drug-likeness (QED) is 0.543. The fourth-order valence-electron chi connectivity index (χ4n) is 4.61. The van der Waals surface area contributed by atoms with Crippen molar-refractivity contribution in [3.8, 4) is 0 Å². The molecule has 37 heavy (non-hydrogen) atoms. The van der Waals surface area contributed by atoms with Crippen molar-refractivity contribution in [2.24, 2.45) is 0 Å². The van der Waals surface area contributed by atoms with E-state index in [1.165, 1.54) is 15.3 Å². The maximum Gasteiger partial charge on any atom is 0.256 e. The zero-order chi connectivity index (χ0) is 26.6. The molecule has 0 saturated carbocycles. The lowest BCUT2D eigenvalue weighted by molar-refractivity contribution is -0.116. The van der Waals surface area contributed by atoms with Crippen LogP contribution in [0.25, 0.3) is 0 Å². The van der Waals surface area contributed by atoms with Crippen molar-refractivity contribution in [3.63, 3.8) is 0 Å². The highest BCUT2D eigenvalue weighted by Crippen LogP contribution is 2.30. The van der Waals surface area contributed by atoms with E-state index in [1.54, 1.807) is 31.2 Å². The van der Waals surface area contributed by atoms with Crippen molar-refractivity contribution >= 4 is 44.8 Å². The van der Waals surface area contributed by atoms with Gasteiger partial charge in [-0.3, -0.25) is 9.59 Å². The summed E-state index contributed by atoms with van der Waals surface area (Å²) in [6.45, 7) is 6.53. The van der Waals surface area contributed by atoms with Gasteiger partial charge in [0.2, 0.25) is 15.9 Å². The molecule has 2 fully saturated rings. The zero-order valence-electron chi connectivity index (χ0n) is 21.2. The second kappa shape index (κ2) is 11.8. The van der Waals surface area contributed by atoms with Gasteiger partial charge in [0.15, 0.2) is 0 Å². The molecule has 0 radical (unpaired) electrons. The van der Waals surface area contributed by atoms with Crippen molar-refractivity contribution < 1.29 is 22.7 Å². The third-order valence-electron chi connectivity index (χ3n) is 6.73. The molecule has 2 heterocycles. The van der Waals surface area contributed by atoms with Crippen molar-refractivity contribution in [1.29, 1.82) is 0 Å². The number of nitrogens with one attached hydrogen (secondary N) is 1. The SMILES string of the molecule is CCN(CC(=O)Nc1cc(Cl)ccc1C)C(=O)c1cc(S(=O)(=O)N2CCOCC2)ccc1N1CCCC1. The Hall–Kier alpha value is -2.66. The standard InChI is InChI=1S/C26H33ClN4O5S/c1-3-29(18-25(32)28-23-16-20(27)7-6-19(23)2)26(33)22-17-21(8-9-24(22)30-10-4-5-11-30)37(34,35)31-12-14-36-15-13-31/h6-9,16-17H,3-5,10-15,18H2,1-2H3,(H,28,32). The monoisotopic (exact) mass is 548 g/mol. The third kappa shape index (κ3) is 6.26. The molecule has 2 aliphatic heterocycles. The van der Waals surface area contributed by atoms with Crippen LogP contribution in [0.3, 0.4) is 0 Å². The highest BCUT2D eigenvalue weighted by molar-refractivity contribution is 7.89. The van der Waals surface area contributed by atoms with E-state index in [-0.39, 0.29) is 48.5 Å². The molecule has 0 unspecified atom stereocenters. The van der Waals surface area contributed by atoms with Crippen LogP contribution >= 0.6 is 11.6 Å². The summed E-state index contributed by atoms with van der Waals surface area (Å²) >= 11 is 6.07. The Labute approximate surface area is 223 Å². The molecule has 0 aromatic heterocycles. The van der Waals surface area contributed by atoms with E-state index >= 15 is 0 Å². The van der Waals surface area contributed by atoms with Crippen molar-refractivity contribution in [3.05, 3.63) is 52.5 Å². The molecule has 1 N–H and O–H groups in total. The van der Waals surface area contributed by atoms with Gasteiger partial charge in [-0.25, -0.2) is 8.42 Å². The smallest absolute Gasteiger partial charge is 0.256 e. The number of aryl methyl sites for hydroxylation is 1. The Morgan fingerprint density at radius 1 is 1.05 bits per heavy atom. The number of hydrogen-bond acceptors (Lipinski definition) is 6. The highest BCUT2D eigenvalue weighted by Gasteiger charge is 2.30. The average Bonchev–Trinajstić information content (AvgIpc) is 3.44. The Bertz CT molecular complexity index is 1260. The lowest BCUT2D eigenvalue weighted by Crippen LogP contribution is -2.41. The van der Waals surface area contributed by atoms with Crippen LogP contribution in [0.15, 0.2) is 41.3 Å². The van der Waals surface area contributed by atoms with Gasteiger partial charge in [0.25, 0.3) is 5.91 Å². The number of ether oxygens (including phenoxy) is 1. The summed E-state index contributed by atoms with van der Waals surface area (Å²) < 4.78 is 33.3. The van der Waals surface area contributed by atoms with Gasteiger partial charge in [-0.2, -0.15) is 4.31 Å². The molecule has 0 spiro atoms. The summed E-state index contributed by atoms with van der Waals surface area (Å²) in [6, 6.07) is 9.96. The Kier molecular flexibility index (Phi) is 8.74. The zero-order valence-corrected chi connectivity index (χ0v) is 22.8. The van der Waals surface area contributed by atoms with Crippen LogP contribution in [-0.2, 0) is 19.6 Å². The molecular formula is C26H33ClN4O5S. The first-order chi connectivity index (χ1) is 17.7. The lowest BCUT2D eigenvalue weighted by Gasteiger charge is -2.28. The molecule has 0 atom stereocenters. The molecule has 0 aliphatic carbocycles. The fourth-order valence-corrected chi connectivity index (χ4v) is 6.21. The van der Waals surface area contributed by atoms with E-state index in [2.05, 4.69) is 10.2 Å². The normalized spacial score (nSPS) is 16.6. The minimum absolute atomic E-state index is 0.0655. The van der Waals surface area contributed by atoms with Crippen LogP contribution in [0.4, 0.5) is 11.4 Å². The van der Waals surface area contributed by atoms with Crippen LogP contribution in [0, 0.1) is 6.92 Å². The number of hydrogen-bond donors (Lipinski definition) is 1. The number of morpholine rings is 1. The summed E-state index contributed by atoms with van der Waals surface area (Å²) in [5.41, 5.74) is 2.40. The number of rotatable bonds is 8. The van der Waals surface area contributed by atoms with Crippen LogP contribution < -0.4 is 10.2 Å². The first-order valence-electron chi connectivity index (χ1n) is 12.5. The van der Waals surface area contributed by atoms with Crippen LogP contribution in [0.5, 0.6) is 0 Å². The predicted octanol–water partition coefficient (Wildman–Crippen LogP) is 3.37. The van der Waals surface area contributed by atoms with Gasteiger partial charge in [0.05, 0.1) is 23.7 Å². The van der Waals surface area contributed by atoms with E-state index in [9.17, 15) is 18.0 Å². The van der Waals surface area contributed by atoms with Gasteiger partial charge >= 0.3 is 0 Å². The van der Waals surface area contributed by atoms with Crippen molar-refractivity contribution in [1.82, 2.24) is 9.21 Å². The van der Waals surface area contributed by atoms with Crippen molar-refractivity contribution in [2.75, 3.05) is 62.7 Å². The molecular weight excluding hydrogens is 516 g/mol. The predicted molar refractivity (Wildman–Crippen MR) is 144 cm³/mol. The minimum Gasteiger partial charge on any atom is -0.379 e. The van der Waals surface area contributed by atoms with Crippen molar-refractivity contribution in [2.45, 2.75) is 31.6 Å². The van der Waals surface area contributed by atoms with E-state index in [1.807, 2.05) is 13.0 Å². The number of halogens is 1. The minimum atomic E-state index is -3.79. The molecule has 2 amide bonds. The average molecular weight is 549 g/mol. The largest absolute Gasteiger partial charge is 0.379 e. The lowest BCUT2D eigenvalue weighted by atomic mass is 10.1. The molecule has 11 heteroatoms. The highest BCUT2D eigenvalue weighted by atomic mass is 35.5. The summed E-state index contributed by atoms with van der Waals surface area (Å²) in [7, 11) is -3.79. The Morgan fingerprint density at radius 2 is 1.76 bits per heavy atom. The van der Waals surface area contributed by atoms with Gasteiger partial charge in [-0.05, 0) is 62.6 Å². The van der Waals surface area contributed by atoms with Crippen LogP contribution in [0.1, 0.15) is 35.7 Å². The van der Waals surface area contributed by atoms with Gasteiger partial charge in [0.1, 0.15) is 6.54 Å². The molecule has 2 aliphatic rings. The topological polar surface area (TPSA) is 99.3 Å². The van der Waals surface area contributed by atoms with Crippen LogP contribution in [-0.4, -0.2) is 81.9 Å². The number of carbonyl (C=O) groups is 2. The Morgan fingerprint density at radius 3 is 2.43 bits per heavy atom. The number of benzene rings is 2. The number of anilines is 2. The third-order valence-corrected chi connectivity index (χ3v) is 8.86. The molecule has 0 bridgehead atoms. The Balaban J connectivity index is 1.62. The van der Waals surface area contributed by atoms with Gasteiger partial charge < -0.3 is 19.9 Å². The molecule has 200 valence electrons. The molecule has 2 saturated heterocycles. The molecule has 9 nitrogen and oxygen atoms in total. The summed E-state index contributed by atoms with van der Waals surface area (Å²) in [5.74, 6) is -0.748. The number of likely N-dealkylation sites (N-methyl/N-ethyl adjacent to an activating group) is 1. The maximum atomic E-state index is 13.8. The van der Waals surface area contributed by atoms with E-state index < -0.39 is 10.0 Å². The maximum absolute atomic E-state index is 13.8. The second-order valence-corrected chi connectivity index (χ2v) is 11.6. The number of nitrogens with zero attached hydrogens (tertiary/aromatic N) is 3. The molecule has 2 aromatic rings. The fraction of sp³-hybridized carbons (Fsp3) is 0.462. The molecule has 4 rings (SSSR count). The summed E-state index contributed by atoms with van der Waals surface area (Å²) in [6.07, 6.45) is 2.00. The first-order valence-corrected chi connectivity index (χ1v) is 14.3. The number of sulfonamides is 1. The van der Waals surface area contributed by atoms with E-state index in [0.717, 1.165) is 31.5 Å². The van der Waals surface area contributed by atoms with Gasteiger partial charge in [-0.15, -0.1) is 0 Å². The first kappa shape index (κ1) is 27.4. The van der Waals surface area contributed by atoms with Crippen LogP contribution in [0.2, 0.25) is 5.02 Å². The van der Waals surface area contributed by atoms with E-state index in [0.29, 0.717) is 29.6 Å². The summed E-state index contributed by atoms with van der Waals surface area (Å²) in [4.78, 5) is 30.3. The second-order valence-electron chi connectivity index (χ2n) is 9.22. The van der Waals surface area contributed by atoms with E-state index in [4.69, 9.17) is 16.3 Å². The van der Waals surface area contributed by atoms with Gasteiger partial charge in [0, 0.05) is 49.1 Å². The number of amides is 2.